The number of nitrogens with one attached hydrogen (secondary N) is 1. The van der Waals surface area contributed by atoms with E-state index in [4.69, 9.17) is 4.74 Å². The van der Waals surface area contributed by atoms with Crippen LogP contribution in [0.1, 0.15) is 33.1 Å². The number of carbonyl (C=O) groups is 2. The van der Waals surface area contributed by atoms with E-state index in [9.17, 15) is 9.59 Å². The van der Waals surface area contributed by atoms with Crippen molar-refractivity contribution in [3.8, 4) is 0 Å². The summed E-state index contributed by atoms with van der Waals surface area (Å²) < 4.78 is 4.98. The quantitative estimate of drug-likeness (QED) is 0.827. The molecule has 0 aromatic carbocycles. The zero-order chi connectivity index (χ0) is 13.1. The maximum absolute atomic E-state index is 12.2. The van der Waals surface area contributed by atoms with E-state index in [2.05, 4.69) is 12.2 Å². The fraction of sp³-hybridized carbons (Fsp3) is 0.846. The van der Waals surface area contributed by atoms with Gasteiger partial charge in [-0.2, -0.15) is 0 Å². The Morgan fingerprint density at radius 2 is 2.39 bits per heavy atom. The van der Waals surface area contributed by atoms with Crippen LogP contribution in [0.25, 0.3) is 0 Å². The summed E-state index contributed by atoms with van der Waals surface area (Å²) in [6.45, 7) is 5.98. The van der Waals surface area contributed by atoms with Crippen molar-refractivity contribution in [2.24, 2.45) is 11.8 Å². The van der Waals surface area contributed by atoms with E-state index in [1.165, 1.54) is 0 Å². The number of hydrogen-bond donors (Lipinski definition) is 1. The number of ether oxygens (including phenoxy) is 1. The Labute approximate surface area is 108 Å². The molecule has 0 aliphatic carbocycles. The number of nitrogens with zero attached hydrogens (tertiary/aromatic N) is 1. The Morgan fingerprint density at radius 1 is 1.61 bits per heavy atom. The van der Waals surface area contributed by atoms with E-state index in [0.717, 1.165) is 25.8 Å². The maximum atomic E-state index is 12.2. The van der Waals surface area contributed by atoms with Crippen molar-refractivity contribution in [3.63, 3.8) is 0 Å². The Bertz CT molecular complexity index is 332. The molecule has 0 bridgehead atoms. The number of carbonyl (C=O) groups excluding carboxylic acids is 2. The summed E-state index contributed by atoms with van der Waals surface area (Å²) in [7, 11) is 0. The predicted molar refractivity (Wildman–Crippen MR) is 67.0 cm³/mol. The average Bonchev–Trinajstić information content (AvgIpc) is 2.37. The van der Waals surface area contributed by atoms with Crippen LogP contribution < -0.4 is 5.32 Å². The maximum Gasteiger partial charge on any atom is 0.407 e. The van der Waals surface area contributed by atoms with Gasteiger partial charge < -0.3 is 15.0 Å². The van der Waals surface area contributed by atoms with E-state index in [0.29, 0.717) is 19.1 Å². The molecule has 102 valence electrons. The minimum Gasteiger partial charge on any atom is -0.449 e. The molecular formula is C13H22N2O3. The molecule has 1 N–H and O–H groups in total. The number of rotatable bonds is 3. The second-order valence-electron chi connectivity index (χ2n) is 5.37. The van der Waals surface area contributed by atoms with E-state index in [-0.39, 0.29) is 24.0 Å². The zero-order valence-electron chi connectivity index (χ0n) is 11.1. The highest BCUT2D eigenvalue weighted by atomic mass is 16.6. The molecule has 0 unspecified atom stereocenters. The third-order valence-corrected chi connectivity index (χ3v) is 3.94. The Morgan fingerprint density at radius 3 is 3.11 bits per heavy atom. The van der Waals surface area contributed by atoms with Crippen LogP contribution in [0.2, 0.25) is 0 Å². The summed E-state index contributed by atoms with van der Waals surface area (Å²) in [5, 5.41) is 2.82. The number of fused-ring (bicyclic) bond motifs is 1. The number of cyclic esters (lactones) is 1. The van der Waals surface area contributed by atoms with Crippen LogP contribution in [0.15, 0.2) is 0 Å². The van der Waals surface area contributed by atoms with E-state index in [1.54, 1.807) is 0 Å². The van der Waals surface area contributed by atoms with Gasteiger partial charge in [0.15, 0.2) is 0 Å². The minimum atomic E-state index is -0.354. The molecule has 0 aromatic heterocycles. The average molecular weight is 254 g/mol. The number of likely N-dealkylation sites (tertiary alicyclic amines) is 1. The number of amides is 2. The highest BCUT2D eigenvalue weighted by molar-refractivity contribution is 5.78. The lowest BCUT2D eigenvalue weighted by molar-refractivity contribution is -0.137. The van der Waals surface area contributed by atoms with Crippen molar-refractivity contribution in [3.05, 3.63) is 0 Å². The number of hydrogen-bond acceptors (Lipinski definition) is 3. The van der Waals surface area contributed by atoms with Gasteiger partial charge in [-0.1, -0.05) is 20.3 Å². The molecule has 0 aromatic rings. The summed E-state index contributed by atoms with van der Waals surface area (Å²) in [5.74, 6) is 0.659. The van der Waals surface area contributed by atoms with Gasteiger partial charge in [-0.15, -0.1) is 0 Å². The first-order valence-electron chi connectivity index (χ1n) is 6.84. The molecule has 2 saturated heterocycles. The van der Waals surface area contributed by atoms with E-state index in [1.807, 2.05) is 11.8 Å². The highest BCUT2D eigenvalue weighted by Crippen LogP contribution is 2.23. The van der Waals surface area contributed by atoms with Crippen molar-refractivity contribution in [1.29, 1.82) is 0 Å². The summed E-state index contributed by atoms with van der Waals surface area (Å²) in [5.41, 5.74) is 0. The molecule has 0 radical (unpaired) electrons. The van der Waals surface area contributed by atoms with Crippen molar-refractivity contribution >= 4 is 12.0 Å². The van der Waals surface area contributed by atoms with Gasteiger partial charge in [0.25, 0.3) is 0 Å². The normalized spacial score (nSPS) is 29.0. The molecule has 2 aliphatic heterocycles. The molecule has 0 spiro atoms. The van der Waals surface area contributed by atoms with Gasteiger partial charge in [-0.25, -0.2) is 4.79 Å². The topological polar surface area (TPSA) is 58.6 Å². The van der Waals surface area contributed by atoms with Crippen molar-refractivity contribution in [1.82, 2.24) is 10.2 Å². The fourth-order valence-corrected chi connectivity index (χ4v) is 2.81. The van der Waals surface area contributed by atoms with Gasteiger partial charge >= 0.3 is 6.09 Å². The molecule has 2 amide bonds. The van der Waals surface area contributed by atoms with Gasteiger partial charge in [-0.3, -0.25) is 4.79 Å². The van der Waals surface area contributed by atoms with Crippen LogP contribution in [0.4, 0.5) is 4.79 Å². The molecule has 2 rings (SSSR count). The molecule has 5 nitrogen and oxygen atoms in total. The second kappa shape index (κ2) is 5.59. The molecule has 2 aliphatic rings. The monoisotopic (exact) mass is 254 g/mol. The molecule has 2 heterocycles. The summed E-state index contributed by atoms with van der Waals surface area (Å²) in [6, 6.07) is 0.0674. The van der Waals surface area contributed by atoms with Crippen LogP contribution in [0.3, 0.4) is 0 Å². The molecule has 5 heteroatoms. The SMILES string of the molecule is CCC[C@H](C)C(=O)N1CC[C@@H]2COC(=O)N[C@H]2C1. The largest absolute Gasteiger partial charge is 0.449 e. The summed E-state index contributed by atoms with van der Waals surface area (Å²) in [4.78, 5) is 25.3. The van der Waals surface area contributed by atoms with Gasteiger partial charge in [0.2, 0.25) is 5.91 Å². The van der Waals surface area contributed by atoms with Crippen LogP contribution in [-0.2, 0) is 9.53 Å². The van der Waals surface area contributed by atoms with Crippen LogP contribution >= 0.6 is 0 Å². The lowest BCUT2D eigenvalue weighted by Crippen LogP contribution is -2.58. The highest BCUT2D eigenvalue weighted by Gasteiger charge is 2.37. The fourth-order valence-electron chi connectivity index (χ4n) is 2.81. The lowest BCUT2D eigenvalue weighted by atomic mass is 9.90. The van der Waals surface area contributed by atoms with Crippen molar-refractivity contribution < 1.29 is 14.3 Å². The first-order valence-corrected chi connectivity index (χ1v) is 6.84. The lowest BCUT2D eigenvalue weighted by Gasteiger charge is -2.41. The molecule has 0 saturated carbocycles. The van der Waals surface area contributed by atoms with E-state index >= 15 is 0 Å². The van der Waals surface area contributed by atoms with Gasteiger partial charge in [-0.05, 0) is 12.8 Å². The Kier molecular flexibility index (Phi) is 4.09. The van der Waals surface area contributed by atoms with Gasteiger partial charge in [0, 0.05) is 24.9 Å². The first kappa shape index (κ1) is 13.2. The van der Waals surface area contributed by atoms with Crippen LogP contribution in [0.5, 0.6) is 0 Å². The van der Waals surface area contributed by atoms with Gasteiger partial charge in [0.1, 0.15) is 0 Å². The molecule has 18 heavy (non-hydrogen) atoms. The first-order chi connectivity index (χ1) is 8.61. The third kappa shape index (κ3) is 2.76. The van der Waals surface area contributed by atoms with Crippen LogP contribution in [0, 0.1) is 11.8 Å². The second-order valence-corrected chi connectivity index (χ2v) is 5.37. The molecule has 3 atom stereocenters. The van der Waals surface area contributed by atoms with Crippen LogP contribution in [-0.4, -0.2) is 42.6 Å². The van der Waals surface area contributed by atoms with Gasteiger partial charge in [0.05, 0.1) is 12.6 Å². The van der Waals surface area contributed by atoms with Crippen molar-refractivity contribution in [2.75, 3.05) is 19.7 Å². The number of piperidine rings is 1. The van der Waals surface area contributed by atoms with Crippen molar-refractivity contribution in [2.45, 2.75) is 39.2 Å². The smallest absolute Gasteiger partial charge is 0.407 e. The summed E-state index contributed by atoms with van der Waals surface area (Å²) >= 11 is 0. The summed E-state index contributed by atoms with van der Waals surface area (Å²) in [6.07, 6.45) is 2.51. The predicted octanol–water partition coefficient (Wildman–Crippen LogP) is 1.38. The Hall–Kier alpha value is -1.26. The molecular weight excluding hydrogens is 232 g/mol. The minimum absolute atomic E-state index is 0.0674. The zero-order valence-corrected chi connectivity index (χ0v) is 11.1. The standard InChI is InChI=1S/C13H22N2O3/c1-3-4-9(2)12(16)15-6-5-10-8-18-13(17)14-11(10)7-15/h9-11H,3-8H2,1-2H3,(H,14,17)/t9-,10+,11-/m0/s1. The number of alkyl carbamates (subject to hydrolysis) is 1. The molecule has 2 fully saturated rings. The Balaban J connectivity index is 1.92. The third-order valence-electron chi connectivity index (χ3n) is 3.94. The van der Waals surface area contributed by atoms with E-state index < -0.39 is 0 Å².